The number of aryl methyl sites for hydroxylation is 1. The minimum Gasteiger partial charge on any atom is -0.370 e. The zero-order chi connectivity index (χ0) is 14.4. The van der Waals surface area contributed by atoms with Crippen LogP contribution in [0.4, 0.5) is 4.39 Å². The quantitative estimate of drug-likeness (QED) is 0.657. The standard InChI is InChI=1S/C15H18FN3S/c1-11-4-5-12(9-14(11)16)10-19-15(17)18-7-6-13-3-2-8-20-13/h2-5,8-9H,6-7,10H2,1H3,(H3,17,18,19). The topological polar surface area (TPSA) is 50.4 Å². The van der Waals surface area contributed by atoms with Crippen molar-refractivity contribution in [2.24, 2.45) is 10.7 Å². The summed E-state index contributed by atoms with van der Waals surface area (Å²) >= 11 is 1.73. The predicted molar refractivity (Wildman–Crippen MR) is 82.5 cm³/mol. The van der Waals surface area contributed by atoms with Crippen LogP contribution in [0.3, 0.4) is 0 Å². The summed E-state index contributed by atoms with van der Waals surface area (Å²) in [7, 11) is 0. The van der Waals surface area contributed by atoms with Crippen LogP contribution in [-0.2, 0) is 13.0 Å². The van der Waals surface area contributed by atoms with Gasteiger partial charge in [-0.25, -0.2) is 9.38 Å². The highest BCUT2D eigenvalue weighted by molar-refractivity contribution is 7.09. The molecular weight excluding hydrogens is 273 g/mol. The van der Waals surface area contributed by atoms with E-state index in [0.29, 0.717) is 18.1 Å². The van der Waals surface area contributed by atoms with Crippen LogP contribution < -0.4 is 11.1 Å². The molecule has 0 atom stereocenters. The second kappa shape index (κ2) is 7.05. The van der Waals surface area contributed by atoms with Crippen molar-refractivity contribution in [3.63, 3.8) is 0 Å². The third kappa shape index (κ3) is 4.35. The lowest BCUT2D eigenvalue weighted by atomic mass is 10.1. The van der Waals surface area contributed by atoms with Gasteiger partial charge in [-0.05, 0) is 42.0 Å². The predicted octanol–water partition coefficient (Wildman–Crippen LogP) is 2.84. The fourth-order valence-corrected chi connectivity index (χ4v) is 2.44. The number of aliphatic imine (C=N–C) groups is 1. The largest absolute Gasteiger partial charge is 0.370 e. The normalized spacial score (nSPS) is 11.6. The molecule has 0 spiro atoms. The van der Waals surface area contributed by atoms with Gasteiger partial charge in [-0.1, -0.05) is 18.2 Å². The molecule has 5 heteroatoms. The molecule has 1 aromatic carbocycles. The average molecular weight is 291 g/mol. The Labute approximate surface area is 122 Å². The molecule has 0 aliphatic carbocycles. The molecule has 0 saturated heterocycles. The van der Waals surface area contributed by atoms with Crippen molar-refractivity contribution in [1.29, 1.82) is 0 Å². The minimum atomic E-state index is -0.207. The van der Waals surface area contributed by atoms with Crippen molar-refractivity contribution in [3.8, 4) is 0 Å². The highest BCUT2D eigenvalue weighted by Gasteiger charge is 1.99. The van der Waals surface area contributed by atoms with Gasteiger partial charge in [0.05, 0.1) is 6.54 Å². The van der Waals surface area contributed by atoms with Crippen LogP contribution in [0.1, 0.15) is 16.0 Å². The maximum atomic E-state index is 13.4. The Hall–Kier alpha value is -1.88. The Balaban J connectivity index is 1.79. The van der Waals surface area contributed by atoms with E-state index in [1.54, 1.807) is 24.3 Å². The van der Waals surface area contributed by atoms with Crippen LogP contribution in [0.15, 0.2) is 40.7 Å². The first-order valence-electron chi connectivity index (χ1n) is 6.46. The van der Waals surface area contributed by atoms with Crippen molar-refractivity contribution in [3.05, 3.63) is 57.5 Å². The molecule has 0 amide bonds. The molecule has 0 saturated carbocycles. The molecule has 3 N–H and O–H groups in total. The molecule has 20 heavy (non-hydrogen) atoms. The summed E-state index contributed by atoms with van der Waals surface area (Å²) in [5.41, 5.74) is 7.23. The van der Waals surface area contributed by atoms with Crippen LogP contribution in [0, 0.1) is 12.7 Å². The van der Waals surface area contributed by atoms with Crippen molar-refractivity contribution >= 4 is 17.3 Å². The summed E-state index contributed by atoms with van der Waals surface area (Å²) in [6.45, 7) is 2.87. The van der Waals surface area contributed by atoms with Gasteiger partial charge in [-0.2, -0.15) is 0 Å². The van der Waals surface area contributed by atoms with E-state index in [4.69, 9.17) is 5.73 Å². The molecule has 0 radical (unpaired) electrons. The van der Waals surface area contributed by atoms with Gasteiger partial charge in [0.25, 0.3) is 0 Å². The number of hydrogen-bond donors (Lipinski definition) is 2. The Kier molecular flexibility index (Phi) is 5.12. The van der Waals surface area contributed by atoms with Gasteiger partial charge in [0.2, 0.25) is 0 Å². The number of halogens is 1. The van der Waals surface area contributed by atoms with E-state index in [9.17, 15) is 4.39 Å². The molecule has 3 nitrogen and oxygen atoms in total. The molecule has 0 unspecified atom stereocenters. The highest BCUT2D eigenvalue weighted by Crippen LogP contribution is 2.10. The summed E-state index contributed by atoms with van der Waals surface area (Å²) in [6, 6.07) is 9.23. The lowest BCUT2D eigenvalue weighted by Gasteiger charge is -2.05. The maximum Gasteiger partial charge on any atom is 0.188 e. The summed E-state index contributed by atoms with van der Waals surface area (Å²) in [5, 5.41) is 5.11. The van der Waals surface area contributed by atoms with E-state index >= 15 is 0 Å². The molecule has 0 aliphatic heterocycles. The third-order valence-corrected chi connectivity index (χ3v) is 3.86. The Morgan fingerprint density at radius 3 is 2.95 bits per heavy atom. The van der Waals surface area contributed by atoms with E-state index in [2.05, 4.69) is 21.8 Å². The van der Waals surface area contributed by atoms with Crippen molar-refractivity contribution in [2.75, 3.05) is 6.54 Å². The van der Waals surface area contributed by atoms with Gasteiger partial charge in [0.1, 0.15) is 5.82 Å². The van der Waals surface area contributed by atoms with Gasteiger partial charge in [0, 0.05) is 11.4 Å². The van der Waals surface area contributed by atoms with Gasteiger partial charge in [0.15, 0.2) is 5.96 Å². The van der Waals surface area contributed by atoms with Crippen LogP contribution in [-0.4, -0.2) is 12.5 Å². The number of guanidine groups is 1. The van der Waals surface area contributed by atoms with Crippen LogP contribution in [0.25, 0.3) is 0 Å². The van der Waals surface area contributed by atoms with E-state index in [0.717, 1.165) is 18.5 Å². The van der Waals surface area contributed by atoms with Gasteiger partial charge in [-0.15, -0.1) is 11.3 Å². The number of rotatable bonds is 5. The summed E-state index contributed by atoms with van der Waals surface area (Å²) < 4.78 is 13.4. The Bertz CT molecular complexity index is 579. The van der Waals surface area contributed by atoms with Gasteiger partial charge >= 0.3 is 0 Å². The summed E-state index contributed by atoms with van der Waals surface area (Å²) in [5.74, 6) is 0.185. The SMILES string of the molecule is Cc1ccc(CN=C(N)NCCc2cccs2)cc1F. The summed E-state index contributed by atoms with van der Waals surface area (Å²) in [6.07, 6.45) is 0.924. The van der Waals surface area contributed by atoms with Crippen LogP contribution >= 0.6 is 11.3 Å². The number of nitrogens with two attached hydrogens (primary N) is 1. The van der Waals surface area contributed by atoms with Crippen LogP contribution in [0.5, 0.6) is 0 Å². The zero-order valence-electron chi connectivity index (χ0n) is 11.4. The Morgan fingerprint density at radius 1 is 1.40 bits per heavy atom. The van der Waals surface area contributed by atoms with Crippen molar-refractivity contribution < 1.29 is 4.39 Å². The van der Waals surface area contributed by atoms with E-state index in [1.165, 1.54) is 10.9 Å². The first kappa shape index (κ1) is 14.5. The molecule has 2 rings (SSSR count). The fraction of sp³-hybridized carbons (Fsp3) is 0.267. The first-order valence-corrected chi connectivity index (χ1v) is 7.34. The number of nitrogens with one attached hydrogen (secondary N) is 1. The minimum absolute atomic E-state index is 0.207. The molecule has 1 heterocycles. The van der Waals surface area contributed by atoms with Gasteiger partial charge < -0.3 is 11.1 Å². The van der Waals surface area contributed by atoms with E-state index in [-0.39, 0.29) is 5.82 Å². The van der Waals surface area contributed by atoms with Crippen molar-refractivity contribution in [1.82, 2.24) is 5.32 Å². The number of thiophene rings is 1. The fourth-order valence-electron chi connectivity index (χ4n) is 1.74. The molecule has 106 valence electrons. The smallest absolute Gasteiger partial charge is 0.188 e. The summed E-state index contributed by atoms with van der Waals surface area (Å²) in [4.78, 5) is 5.52. The lowest BCUT2D eigenvalue weighted by molar-refractivity contribution is 0.616. The maximum absolute atomic E-state index is 13.4. The monoisotopic (exact) mass is 291 g/mol. The lowest BCUT2D eigenvalue weighted by Crippen LogP contribution is -2.33. The zero-order valence-corrected chi connectivity index (χ0v) is 12.2. The highest BCUT2D eigenvalue weighted by atomic mass is 32.1. The van der Waals surface area contributed by atoms with Crippen LogP contribution in [0.2, 0.25) is 0 Å². The molecular formula is C15H18FN3S. The first-order chi connectivity index (χ1) is 9.65. The van der Waals surface area contributed by atoms with Gasteiger partial charge in [-0.3, -0.25) is 0 Å². The third-order valence-electron chi connectivity index (χ3n) is 2.93. The number of hydrogen-bond acceptors (Lipinski definition) is 2. The molecule has 1 aromatic heterocycles. The Morgan fingerprint density at radius 2 is 2.25 bits per heavy atom. The second-order valence-electron chi connectivity index (χ2n) is 4.54. The number of nitrogens with zero attached hydrogens (tertiary/aromatic N) is 1. The van der Waals surface area contributed by atoms with E-state index in [1.807, 2.05) is 12.1 Å². The second-order valence-corrected chi connectivity index (χ2v) is 5.57. The molecule has 0 aliphatic rings. The molecule has 0 fully saturated rings. The van der Waals surface area contributed by atoms with E-state index < -0.39 is 0 Å². The molecule has 0 bridgehead atoms. The molecule has 2 aromatic rings. The number of benzene rings is 1. The average Bonchev–Trinajstić information content (AvgIpc) is 2.93. The van der Waals surface area contributed by atoms with Crippen molar-refractivity contribution in [2.45, 2.75) is 19.9 Å².